The average Bonchev–Trinajstić information content (AvgIpc) is 2.55. The zero-order valence-corrected chi connectivity index (χ0v) is 12.0. The van der Waals surface area contributed by atoms with Gasteiger partial charge in [0.1, 0.15) is 0 Å². The van der Waals surface area contributed by atoms with Crippen molar-refractivity contribution in [2.75, 3.05) is 6.61 Å². The van der Waals surface area contributed by atoms with Crippen molar-refractivity contribution >= 4 is 0 Å². The number of nitrogens with one attached hydrogen (secondary N) is 1. The second-order valence-corrected chi connectivity index (χ2v) is 5.39. The molecule has 2 unspecified atom stereocenters. The molecule has 1 aliphatic rings. The molecule has 0 radical (unpaired) electrons. The van der Waals surface area contributed by atoms with Gasteiger partial charge in [-0.3, -0.25) is 0 Å². The molecule has 0 aromatic heterocycles. The third kappa shape index (κ3) is 2.97. The van der Waals surface area contributed by atoms with Gasteiger partial charge in [-0.05, 0) is 35.7 Å². The number of hydrogen-bond donors (Lipinski definition) is 1. The standard InChI is InChI=1S/C18H18N2O/c1-13(15-8-6-14(10-19)7-9-15)20-18-12-21-11-16-4-2-3-5-17(16)18/h2-9,13,18,20H,11-12H2,1H3. The molecule has 1 heterocycles. The van der Waals surface area contributed by atoms with Gasteiger partial charge >= 0.3 is 0 Å². The maximum Gasteiger partial charge on any atom is 0.0991 e. The van der Waals surface area contributed by atoms with Crippen LogP contribution in [0.5, 0.6) is 0 Å². The Bertz CT molecular complexity index is 658. The van der Waals surface area contributed by atoms with Gasteiger partial charge in [0.25, 0.3) is 0 Å². The highest BCUT2D eigenvalue weighted by Crippen LogP contribution is 2.27. The molecule has 0 bridgehead atoms. The van der Waals surface area contributed by atoms with Crippen molar-refractivity contribution in [3.05, 3.63) is 70.8 Å². The Morgan fingerprint density at radius 1 is 1.19 bits per heavy atom. The Kier molecular flexibility index (Phi) is 4.01. The molecule has 0 aliphatic carbocycles. The van der Waals surface area contributed by atoms with Gasteiger partial charge in [-0.15, -0.1) is 0 Å². The second-order valence-electron chi connectivity index (χ2n) is 5.39. The number of hydrogen-bond acceptors (Lipinski definition) is 3. The minimum absolute atomic E-state index is 0.206. The van der Waals surface area contributed by atoms with Crippen molar-refractivity contribution in [2.24, 2.45) is 0 Å². The van der Waals surface area contributed by atoms with Crippen molar-refractivity contribution in [1.82, 2.24) is 5.32 Å². The molecule has 21 heavy (non-hydrogen) atoms. The molecule has 0 saturated heterocycles. The monoisotopic (exact) mass is 278 g/mol. The summed E-state index contributed by atoms with van der Waals surface area (Å²) in [6.07, 6.45) is 0. The van der Waals surface area contributed by atoms with Gasteiger partial charge in [-0.2, -0.15) is 5.26 Å². The molecular formula is C18H18N2O. The largest absolute Gasteiger partial charge is 0.375 e. The van der Waals surface area contributed by atoms with E-state index in [1.165, 1.54) is 16.7 Å². The topological polar surface area (TPSA) is 45.0 Å². The zero-order valence-electron chi connectivity index (χ0n) is 12.0. The molecule has 0 spiro atoms. The minimum atomic E-state index is 0.206. The van der Waals surface area contributed by atoms with Gasteiger partial charge in [0.05, 0.1) is 30.9 Å². The van der Waals surface area contributed by atoms with Crippen LogP contribution in [0.4, 0.5) is 0 Å². The van der Waals surface area contributed by atoms with Crippen molar-refractivity contribution in [3.8, 4) is 6.07 Å². The predicted octanol–water partition coefficient (Wildman–Crippen LogP) is 3.48. The highest BCUT2D eigenvalue weighted by Gasteiger charge is 2.21. The zero-order chi connectivity index (χ0) is 14.7. The quantitative estimate of drug-likeness (QED) is 0.935. The Morgan fingerprint density at radius 3 is 2.71 bits per heavy atom. The third-order valence-electron chi connectivity index (χ3n) is 3.96. The highest BCUT2D eigenvalue weighted by molar-refractivity contribution is 5.34. The van der Waals surface area contributed by atoms with Crippen LogP contribution in [-0.2, 0) is 11.3 Å². The lowest BCUT2D eigenvalue weighted by molar-refractivity contribution is 0.0791. The van der Waals surface area contributed by atoms with Crippen LogP contribution in [0.2, 0.25) is 0 Å². The summed E-state index contributed by atoms with van der Waals surface area (Å²) in [6.45, 7) is 3.52. The summed E-state index contributed by atoms with van der Waals surface area (Å²) >= 11 is 0. The first-order valence-electron chi connectivity index (χ1n) is 7.19. The summed E-state index contributed by atoms with van der Waals surface area (Å²) in [5, 5.41) is 12.5. The van der Waals surface area contributed by atoms with E-state index in [1.807, 2.05) is 24.3 Å². The molecule has 2 aromatic carbocycles. The molecule has 1 N–H and O–H groups in total. The summed E-state index contributed by atoms with van der Waals surface area (Å²) < 4.78 is 5.68. The molecule has 3 heteroatoms. The van der Waals surface area contributed by atoms with Crippen LogP contribution in [0.25, 0.3) is 0 Å². The lowest BCUT2D eigenvalue weighted by Crippen LogP contribution is -2.31. The average molecular weight is 278 g/mol. The lowest BCUT2D eigenvalue weighted by Gasteiger charge is -2.29. The van der Waals surface area contributed by atoms with Crippen LogP contribution >= 0.6 is 0 Å². The molecule has 1 aliphatic heterocycles. The molecular weight excluding hydrogens is 260 g/mol. The van der Waals surface area contributed by atoms with Crippen LogP contribution in [0, 0.1) is 11.3 Å². The van der Waals surface area contributed by atoms with Gasteiger partial charge in [-0.25, -0.2) is 0 Å². The van der Waals surface area contributed by atoms with E-state index in [0.717, 1.165) is 0 Å². The highest BCUT2D eigenvalue weighted by atomic mass is 16.5. The maximum absolute atomic E-state index is 8.86. The van der Waals surface area contributed by atoms with E-state index in [0.29, 0.717) is 18.8 Å². The molecule has 3 rings (SSSR count). The lowest BCUT2D eigenvalue weighted by atomic mass is 9.97. The number of fused-ring (bicyclic) bond motifs is 1. The molecule has 0 amide bonds. The van der Waals surface area contributed by atoms with Gasteiger partial charge in [0.2, 0.25) is 0 Å². The van der Waals surface area contributed by atoms with Crippen molar-refractivity contribution in [2.45, 2.75) is 25.6 Å². The molecule has 3 nitrogen and oxygen atoms in total. The third-order valence-corrected chi connectivity index (χ3v) is 3.96. The molecule has 106 valence electrons. The summed E-state index contributed by atoms with van der Waals surface area (Å²) in [5.74, 6) is 0. The van der Waals surface area contributed by atoms with Crippen molar-refractivity contribution < 1.29 is 4.74 Å². The van der Waals surface area contributed by atoms with E-state index in [2.05, 4.69) is 42.6 Å². The normalized spacial score (nSPS) is 18.6. The number of rotatable bonds is 3. The van der Waals surface area contributed by atoms with E-state index in [1.54, 1.807) is 0 Å². The summed E-state index contributed by atoms with van der Waals surface area (Å²) in [7, 11) is 0. The molecule has 2 atom stereocenters. The van der Waals surface area contributed by atoms with Crippen LogP contribution in [-0.4, -0.2) is 6.61 Å². The Balaban J connectivity index is 1.76. The van der Waals surface area contributed by atoms with Gasteiger partial charge in [0.15, 0.2) is 0 Å². The molecule has 2 aromatic rings. The summed E-state index contributed by atoms with van der Waals surface area (Å²) in [5.41, 5.74) is 4.45. The number of benzene rings is 2. The van der Waals surface area contributed by atoms with Crippen molar-refractivity contribution in [3.63, 3.8) is 0 Å². The van der Waals surface area contributed by atoms with Gasteiger partial charge in [0, 0.05) is 6.04 Å². The maximum atomic E-state index is 8.86. The second kappa shape index (κ2) is 6.09. The first-order valence-corrected chi connectivity index (χ1v) is 7.19. The fraction of sp³-hybridized carbons (Fsp3) is 0.278. The Hall–Kier alpha value is -2.15. The SMILES string of the molecule is CC(NC1COCc2ccccc21)c1ccc(C#N)cc1. The summed E-state index contributed by atoms with van der Waals surface area (Å²) in [6, 6.07) is 18.7. The fourth-order valence-corrected chi connectivity index (χ4v) is 2.76. The van der Waals surface area contributed by atoms with Gasteiger partial charge in [-0.1, -0.05) is 36.4 Å². The first kappa shape index (κ1) is 13.8. The summed E-state index contributed by atoms with van der Waals surface area (Å²) in [4.78, 5) is 0. The number of nitriles is 1. The predicted molar refractivity (Wildman–Crippen MR) is 81.5 cm³/mol. The van der Waals surface area contributed by atoms with Crippen LogP contribution < -0.4 is 5.32 Å². The van der Waals surface area contributed by atoms with E-state index in [4.69, 9.17) is 10.00 Å². The van der Waals surface area contributed by atoms with E-state index in [9.17, 15) is 0 Å². The minimum Gasteiger partial charge on any atom is -0.375 e. The van der Waals surface area contributed by atoms with Crippen LogP contribution in [0.3, 0.4) is 0 Å². The van der Waals surface area contributed by atoms with Crippen LogP contribution in [0.15, 0.2) is 48.5 Å². The Morgan fingerprint density at radius 2 is 1.95 bits per heavy atom. The fourth-order valence-electron chi connectivity index (χ4n) is 2.76. The first-order chi connectivity index (χ1) is 10.3. The van der Waals surface area contributed by atoms with Crippen LogP contribution in [0.1, 0.15) is 41.3 Å². The number of ether oxygens (including phenoxy) is 1. The van der Waals surface area contributed by atoms with E-state index in [-0.39, 0.29) is 12.1 Å². The van der Waals surface area contributed by atoms with E-state index >= 15 is 0 Å². The van der Waals surface area contributed by atoms with E-state index < -0.39 is 0 Å². The molecule has 0 saturated carbocycles. The molecule has 0 fully saturated rings. The smallest absolute Gasteiger partial charge is 0.0991 e. The number of nitrogens with zero attached hydrogens (tertiary/aromatic N) is 1. The van der Waals surface area contributed by atoms with Gasteiger partial charge < -0.3 is 10.1 Å². The van der Waals surface area contributed by atoms with Crippen molar-refractivity contribution in [1.29, 1.82) is 5.26 Å². The Labute approximate surface area is 125 Å².